The molecule has 1 rings (SSSR count). The van der Waals surface area contributed by atoms with Crippen LogP contribution >= 0.6 is 0 Å². The first-order valence-electron chi connectivity index (χ1n) is 5.17. The van der Waals surface area contributed by atoms with E-state index < -0.39 is 23.5 Å². The van der Waals surface area contributed by atoms with Gasteiger partial charge in [0, 0.05) is 6.42 Å². The SMILES string of the molecule is Nc1nc(N)c(N[C@@H](CCC(=O)O)C(=O)O)c(=O)[nH]1. The number of nitrogens with zero attached hydrogens (tertiary/aromatic N) is 1. The van der Waals surface area contributed by atoms with Crippen LogP contribution in [-0.4, -0.2) is 38.2 Å². The summed E-state index contributed by atoms with van der Waals surface area (Å²) in [6, 6.07) is -1.27. The molecule has 0 aliphatic carbocycles. The van der Waals surface area contributed by atoms with E-state index in [-0.39, 0.29) is 30.3 Å². The molecule has 0 fully saturated rings. The van der Waals surface area contributed by atoms with Gasteiger partial charge in [0.25, 0.3) is 5.56 Å². The minimum absolute atomic E-state index is 0.203. The Labute approximate surface area is 106 Å². The van der Waals surface area contributed by atoms with Crippen molar-refractivity contribution >= 4 is 29.4 Å². The summed E-state index contributed by atoms with van der Waals surface area (Å²) in [4.78, 5) is 38.6. The molecular weight excluding hydrogens is 258 g/mol. The van der Waals surface area contributed by atoms with Crippen LogP contribution in [0.4, 0.5) is 17.5 Å². The molecule has 1 aromatic rings. The number of carboxylic acid groups (broad SMARTS) is 2. The number of hydrogen-bond acceptors (Lipinski definition) is 7. The van der Waals surface area contributed by atoms with Gasteiger partial charge in [-0.15, -0.1) is 0 Å². The lowest BCUT2D eigenvalue weighted by Gasteiger charge is -2.15. The summed E-state index contributed by atoms with van der Waals surface area (Å²) in [5.41, 5.74) is 9.71. The topological polar surface area (TPSA) is 184 Å². The summed E-state index contributed by atoms with van der Waals surface area (Å²) in [6.07, 6.45) is -0.585. The molecule has 0 aromatic carbocycles. The molecule has 1 atom stereocenters. The van der Waals surface area contributed by atoms with Crippen molar-refractivity contribution in [3.05, 3.63) is 10.4 Å². The minimum Gasteiger partial charge on any atom is -0.481 e. The fraction of sp³-hybridized carbons (Fsp3) is 0.333. The van der Waals surface area contributed by atoms with Gasteiger partial charge in [0.15, 0.2) is 5.82 Å². The van der Waals surface area contributed by atoms with Crippen molar-refractivity contribution in [1.29, 1.82) is 0 Å². The highest BCUT2D eigenvalue weighted by Crippen LogP contribution is 2.13. The van der Waals surface area contributed by atoms with Crippen molar-refractivity contribution in [1.82, 2.24) is 9.97 Å². The van der Waals surface area contributed by atoms with Gasteiger partial charge >= 0.3 is 11.9 Å². The van der Waals surface area contributed by atoms with Crippen molar-refractivity contribution in [2.45, 2.75) is 18.9 Å². The third-order valence-electron chi connectivity index (χ3n) is 2.23. The summed E-state index contributed by atoms with van der Waals surface area (Å²) in [5.74, 6) is -2.92. The molecule has 0 radical (unpaired) electrons. The molecule has 0 spiro atoms. The van der Waals surface area contributed by atoms with Gasteiger partial charge in [-0.25, -0.2) is 4.79 Å². The van der Waals surface area contributed by atoms with E-state index in [0.717, 1.165) is 0 Å². The number of hydrogen-bond donors (Lipinski definition) is 6. The van der Waals surface area contributed by atoms with Crippen molar-refractivity contribution in [2.24, 2.45) is 0 Å². The number of nitrogens with two attached hydrogens (primary N) is 2. The van der Waals surface area contributed by atoms with Gasteiger partial charge < -0.3 is 27.0 Å². The molecule has 0 aliphatic rings. The molecule has 19 heavy (non-hydrogen) atoms. The molecule has 10 nitrogen and oxygen atoms in total. The van der Waals surface area contributed by atoms with Gasteiger partial charge in [0.05, 0.1) is 0 Å². The maximum atomic E-state index is 11.5. The van der Waals surface area contributed by atoms with Crippen molar-refractivity contribution in [3.8, 4) is 0 Å². The minimum atomic E-state index is -1.31. The average Bonchev–Trinajstić information content (AvgIpc) is 2.25. The van der Waals surface area contributed by atoms with Gasteiger partial charge in [-0.1, -0.05) is 0 Å². The van der Waals surface area contributed by atoms with Crippen LogP contribution in [0.3, 0.4) is 0 Å². The van der Waals surface area contributed by atoms with Crippen LogP contribution < -0.4 is 22.3 Å². The first kappa shape index (κ1) is 14.3. The largest absolute Gasteiger partial charge is 0.481 e. The second kappa shape index (κ2) is 5.71. The summed E-state index contributed by atoms with van der Waals surface area (Å²) in [7, 11) is 0. The Morgan fingerprint density at radius 3 is 2.47 bits per heavy atom. The molecule has 0 unspecified atom stereocenters. The van der Waals surface area contributed by atoms with E-state index in [9.17, 15) is 14.4 Å². The first-order valence-corrected chi connectivity index (χ1v) is 5.17. The highest BCUT2D eigenvalue weighted by Gasteiger charge is 2.21. The molecular formula is C9H13N5O5. The number of H-pyrrole nitrogens is 1. The lowest BCUT2D eigenvalue weighted by molar-refractivity contribution is -0.139. The predicted octanol–water partition coefficient (Wildman–Crippen LogP) is -1.34. The Morgan fingerprint density at radius 2 is 2.00 bits per heavy atom. The second-order valence-corrected chi connectivity index (χ2v) is 3.68. The highest BCUT2D eigenvalue weighted by atomic mass is 16.4. The van der Waals surface area contributed by atoms with Gasteiger partial charge in [-0.2, -0.15) is 4.98 Å². The van der Waals surface area contributed by atoms with Crippen LogP contribution in [0.2, 0.25) is 0 Å². The lowest BCUT2D eigenvalue weighted by atomic mass is 10.1. The monoisotopic (exact) mass is 271 g/mol. The fourth-order valence-electron chi connectivity index (χ4n) is 1.35. The van der Waals surface area contributed by atoms with E-state index in [1.165, 1.54) is 0 Å². The van der Waals surface area contributed by atoms with Crippen LogP contribution in [-0.2, 0) is 9.59 Å². The smallest absolute Gasteiger partial charge is 0.326 e. The van der Waals surface area contributed by atoms with E-state index in [2.05, 4.69) is 15.3 Å². The van der Waals surface area contributed by atoms with Gasteiger partial charge in [-0.3, -0.25) is 14.6 Å². The fourth-order valence-corrected chi connectivity index (χ4v) is 1.35. The quantitative estimate of drug-likeness (QED) is 0.364. The summed E-state index contributed by atoms with van der Waals surface area (Å²) < 4.78 is 0. The molecule has 0 saturated heterocycles. The Morgan fingerprint density at radius 1 is 1.37 bits per heavy atom. The number of aromatic nitrogens is 2. The zero-order valence-electron chi connectivity index (χ0n) is 9.71. The Bertz CT molecular complexity index is 554. The Balaban J connectivity index is 2.94. The summed E-state index contributed by atoms with van der Waals surface area (Å²) in [6.45, 7) is 0. The zero-order chi connectivity index (χ0) is 14.6. The lowest BCUT2D eigenvalue weighted by Crippen LogP contribution is -2.33. The molecule has 0 saturated carbocycles. The molecule has 0 aliphatic heterocycles. The van der Waals surface area contributed by atoms with E-state index in [1.807, 2.05) is 0 Å². The van der Waals surface area contributed by atoms with Crippen molar-refractivity contribution in [2.75, 3.05) is 16.8 Å². The van der Waals surface area contributed by atoms with E-state index in [4.69, 9.17) is 21.7 Å². The third kappa shape index (κ3) is 3.87. The maximum absolute atomic E-state index is 11.5. The molecule has 10 heteroatoms. The number of aromatic amines is 1. The first-order chi connectivity index (χ1) is 8.81. The molecule has 0 bridgehead atoms. The maximum Gasteiger partial charge on any atom is 0.326 e. The average molecular weight is 271 g/mol. The number of carbonyl (C=O) groups is 2. The van der Waals surface area contributed by atoms with Crippen molar-refractivity contribution < 1.29 is 19.8 Å². The van der Waals surface area contributed by atoms with E-state index >= 15 is 0 Å². The van der Waals surface area contributed by atoms with Crippen molar-refractivity contribution in [3.63, 3.8) is 0 Å². The molecule has 104 valence electrons. The van der Waals surface area contributed by atoms with Crippen LogP contribution in [0.1, 0.15) is 12.8 Å². The molecule has 1 aromatic heterocycles. The standard InChI is InChI=1S/C9H13N5O5/c10-6-5(7(17)14-9(11)13-6)12-3(8(18)19)1-2-4(15)16/h3,12H,1-2H2,(H,15,16)(H,18,19)(H5,10,11,13,14,17)/t3-/m0/s1. The van der Waals surface area contributed by atoms with E-state index in [0.29, 0.717) is 0 Å². The van der Waals surface area contributed by atoms with Crippen LogP contribution in [0.25, 0.3) is 0 Å². The summed E-state index contributed by atoms with van der Waals surface area (Å²) >= 11 is 0. The number of nitrogens with one attached hydrogen (secondary N) is 2. The molecule has 1 heterocycles. The van der Waals surface area contributed by atoms with Gasteiger partial charge in [0.2, 0.25) is 5.95 Å². The number of nitrogen functional groups attached to an aromatic ring is 2. The zero-order valence-corrected chi connectivity index (χ0v) is 9.71. The Kier molecular flexibility index (Phi) is 4.29. The van der Waals surface area contributed by atoms with Crippen LogP contribution in [0, 0.1) is 0 Å². The van der Waals surface area contributed by atoms with E-state index in [1.54, 1.807) is 0 Å². The summed E-state index contributed by atoms with van der Waals surface area (Å²) in [5, 5.41) is 19.8. The number of aliphatic carboxylic acids is 2. The van der Waals surface area contributed by atoms with Gasteiger partial charge in [-0.05, 0) is 6.42 Å². The van der Waals surface area contributed by atoms with Crippen LogP contribution in [0.15, 0.2) is 4.79 Å². The molecule has 8 N–H and O–H groups in total. The Hall–Kier alpha value is -2.78. The highest BCUT2D eigenvalue weighted by molar-refractivity contribution is 5.79. The second-order valence-electron chi connectivity index (χ2n) is 3.68. The predicted molar refractivity (Wildman–Crippen MR) is 65.6 cm³/mol. The normalized spacial score (nSPS) is 11.8. The van der Waals surface area contributed by atoms with Crippen LogP contribution in [0.5, 0.6) is 0 Å². The number of rotatable bonds is 6. The van der Waals surface area contributed by atoms with Gasteiger partial charge in [0.1, 0.15) is 11.7 Å². The number of anilines is 3. The third-order valence-corrected chi connectivity index (χ3v) is 2.23. The number of carboxylic acids is 2. The molecule has 0 amide bonds.